The number of carbonyl (C=O) groups is 2. The molecule has 0 aromatic carbocycles. The molecule has 0 saturated carbocycles. The van der Waals surface area contributed by atoms with Crippen LogP contribution < -0.4 is 0 Å². The van der Waals surface area contributed by atoms with Crippen molar-refractivity contribution in [3.63, 3.8) is 0 Å². The predicted octanol–water partition coefficient (Wildman–Crippen LogP) is 0.893. The van der Waals surface area contributed by atoms with Crippen molar-refractivity contribution in [1.82, 2.24) is 4.90 Å². The van der Waals surface area contributed by atoms with E-state index in [2.05, 4.69) is 0 Å². The molecule has 0 radical (unpaired) electrons. The summed E-state index contributed by atoms with van der Waals surface area (Å²) < 4.78 is 0. The number of imide groups is 1. The zero-order valence-corrected chi connectivity index (χ0v) is 8.00. The molecule has 1 heterocycles. The largest absolute Gasteiger partial charge is 0.285 e. The summed E-state index contributed by atoms with van der Waals surface area (Å²) in [6, 6.07) is 0. The summed E-state index contributed by atoms with van der Waals surface area (Å²) in [5, 5.41) is 0. The molecule has 68 valence electrons. The lowest BCUT2D eigenvalue weighted by Crippen LogP contribution is -2.27. The molecule has 0 spiro atoms. The summed E-state index contributed by atoms with van der Waals surface area (Å²) in [6.07, 6.45) is 0. The van der Waals surface area contributed by atoms with Crippen LogP contribution in [0.5, 0.6) is 0 Å². The predicted molar refractivity (Wildman–Crippen MR) is 45.3 cm³/mol. The summed E-state index contributed by atoms with van der Waals surface area (Å²) >= 11 is 0. The second kappa shape index (κ2) is 2.88. The Bertz CT molecular complexity index is 223. The fraction of sp³-hybridized carbons (Fsp3) is 0.778. The van der Waals surface area contributed by atoms with Crippen molar-refractivity contribution in [2.24, 2.45) is 17.8 Å². The molecule has 12 heavy (non-hydrogen) atoms. The molecule has 0 bridgehead atoms. The molecular weight excluding hydrogens is 154 g/mol. The standard InChI is InChI=1S/C9H15NO2/c1-5(2)7-6(3)8(11)10(4)9(7)12/h5-7H,1-4H3. The van der Waals surface area contributed by atoms with Crippen LogP contribution in [0, 0.1) is 17.8 Å². The van der Waals surface area contributed by atoms with Crippen molar-refractivity contribution in [3.8, 4) is 0 Å². The van der Waals surface area contributed by atoms with Crippen LogP contribution in [0.15, 0.2) is 0 Å². The van der Waals surface area contributed by atoms with Gasteiger partial charge >= 0.3 is 0 Å². The van der Waals surface area contributed by atoms with Crippen molar-refractivity contribution >= 4 is 11.8 Å². The van der Waals surface area contributed by atoms with Gasteiger partial charge in [-0.2, -0.15) is 0 Å². The van der Waals surface area contributed by atoms with E-state index in [4.69, 9.17) is 0 Å². The van der Waals surface area contributed by atoms with Gasteiger partial charge in [-0.3, -0.25) is 14.5 Å². The van der Waals surface area contributed by atoms with Crippen molar-refractivity contribution in [1.29, 1.82) is 0 Å². The smallest absolute Gasteiger partial charge is 0.233 e. The highest BCUT2D eigenvalue weighted by Gasteiger charge is 2.44. The molecule has 3 nitrogen and oxygen atoms in total. The summed E-state index contributed by atoms with van der Waals surface area (Å²) in [6.45, 7) is 5.78. The van der Waals surface area contributed by atoms with Crippen LogP contribution in [-0.4, -0.2) is 23.8 Å². The molecule has 1 aliphatic heterocycles. The van der Waals surface area contributed by atoms with Crippen molar-refractivity contribution in [2.75, 3.05) is 7.05 Å². The highest BCUT2D eigenvalue weighted by atomic mass is 16.2. The first-order valence-electron chi connectivity index (χ1n) is 4.28. The van der Waals surface area contributed by atoms with Gasteiger partial charge in [0, 0.05) is 13.0 Å². The molecular formula is C9H15NO2. The second-order valence-electron chi connectivity index (χ2n) is 3.79. The highest BCUT2D eigenvalue weighted by Crippen LogP contribution is 2.30. The molecule has 1 saturated heterocycles. The topological polar surface area (TPSA) is 37.4 Å². The minimum absolute atomic E-state index is 0.0255. The molecule has 0 aliphatic carbocycles. The molecule has 2 atom stereocenters. The van der Waals surface area contributed by atoms with Gasteiger partial charge in [-0.05, 0) is 5.92 Å². The van der Waals surface area contributed by atoms with Gasteiger partial charge in [-0.15, -0.1) is 0 Å². The first kappa shape index (κ1) is 9.23. The number of carbonyl (C=O) groups excluding carboxylic acids is 2. The Morgan fingerprint density at radius 1 is 1.25 bits per heavy atom. The van der Waals surface area contributed by atoms with Crippen LogP contribution >= 0.6 is 0 Å². The third-order valence-electron chi connectivity index (χ3n) is 2.59. The molecule has 0 N–H and O–H groups in total. The number of hydrogen-bond donors (Lipinski definition) is 0. The Balaban J connectivity index is 2.91. The average Bonchev–Trinajstić information content (AvgIpc) is 2.16. The van der Waals surface area contributed by atoms with Gasteiger partial charge < -0.3 is 0 Å². The van der Waals surface area contributed by atoms with Gasteiger partial charge in [-0.25, -0.2) is 0 Å². The summed E-state index contributed by atoms with van der Waals surface area (Å²) in [7, 11) is 1.56. The van der Waals surface area contributed by atoms with E-state index in [1.807, 2.05) is 20.8 Å². The maximum Gasteiger partial charge on any atom is 0.233 e. The second-order valence-corrected chi connectivity index (χ2v) is 3.79. The number of hydrogen-bond acceptors (Lipinski definition) is 2. The van der Waals surface area contributed by atoms with E-state index in [0.717, 1.165) is 0 Å². The lowest BCUT2D eigenvalue weighted by atomic mass is 9.87. The maximum atomic E-state index is 11.5. The summed E-state index contributed by atoms with van der Waals surface area (Å²) in [5.41, 5.74) is 0. The van der Waals surface area contributed by atoms with E-state index in [-0.39, 0.29) is 29.6 Å². The lowest BCUT2D eigenvalue weighted by molar-refractivity contribution is -0.138. The Labute approximate surface area is 72.7 Å². The minimum Gasteiger partial charge on any atom is -0.285 e. The average molecular weight is 169 g/mol. The van der Waals surface area contributed by atoms with E-state index in [9.17, 15) is 9.59 Å². The van der Waals surface area contributed by atoms with E-state index in [1.165, 1.54) is 4.90 Å². The third-order valence-corrected chi connectivity index (χ3v) is 2.59. The SMILES string of the molecule is CC(C)C1C(=O)N(C)C(=O)C1C. The molecule has 3 heteroatoms. The normalized spacial score (nSPS) is 30.6. The quantitative estimate of drug-likeness (QED) is 0.547. The van der Waals surface area contributed by atoms with Gasteiger partial charge in [0.1, 0.15) is 0 Å². The van der Waals surface area contributed by atoms with Crippen molar-refractivity contribution < 1.29 is 9.59 Å². The molecule has 2 amide bonds. The zero-order valence-electron chi connectivity index (χ0n) is 8.00. The molecule has 2 unspecified atom stereocenters. The molecule has 1 fully saturated rings. The number of rotatable bonds is 1. The zero-order chi connectivity index (χ0) is 9.46. The van der Waals surface area contributed by atoms with Gasteiger partial charge in [0.05, 0.1) is 5.92 Å². The molecule has 0 aromatic rings. The van der Waals surface area contributed by atoms with Crippen molar-refractivity contribution in [3.05, 3.63) is 0 Å². The lowest BCUT2D eigenvalue weighted by Gasteiger charge is -2.14. The summed E-state index contributed by atoms with van der Waals surface area (Å²) in [5.74, 6) is -0.0624. The van der Waals surface area contributed by atoms with Crippen LogP contribution in [-0.2, 0) is 9.59 Å². The van der Waals surface area contributed by atoms with Crippen LogP contribution in [0.3, 0.4) is 0 Å². The fourth-order valence-corrected chi connectivity index (χ4v) is 1.87. The monoisotopic (exact) mass is 169 g/mol. The van der Waals surface area contributed by atoms with E-state index < -0.39 is 0 Å². The fourth-order valence-electron chi connectivity index (χ4n) is 1.87. The van der Waals surface area contributed by atoms with Gasteiger partial charge in [0.15, 0.2) is 0 Å². The summed E-state index contributed by atoms with van der Waals surface area (Å²) in [4.78, 5) is 24.1. The highest BCUT2D eigenvalue weighted by molar-refractivity contribution is 6.04. The number of amides is 2. The van der Waals surface area contributed by atoms with Gasteiger partial charge in [0.25, 0.3) is 0 Å². The Hall–Kier alpha value is -0.860. The number of likely N-dealkylation sites (tertiary alicyclic amines) is 1. The Morgan fingerprint density at radius 3 is 1.92 bits per heavy atom. The van der Waals surface area contributed by atoms with Crippen LogP contribution in [0.25, 0.3) is 0 Å². The van der Waals surface area contributed by atoms with Crippen LogP contribution in [0.2, 0.25) is 0 Å². The van der Waals surface area contributed by atoms with Gasteiger partial charge in [-0.1, -0.05) is 20.8 Å². The maximum absolute atomic E-state index is 11.5. The van der Waals surface area contributed by atoms with Crippen LogP contribution in [0.1, 0.15) is 20.8 Å². The Morgan fingerprint density at radius 2 is 1.75 bits per heavy atom. The van der Waals surface area contributed by atoms with Gasteiger partial charge in [0.2, 0.25) is 11.8 Å². The molecule has 1 aliphatic rings. The first-order valence-corrected chi connectivity index (χ1v) is 4.28. The van der Waals surface area contributed by atoms with E-state index in [0.29, 0.717) is 0 Å². The number of nitrogens with zero attached hydrogens (tertiary/aromatic N) is 1. The van der Waals surface area contributed by atoms with Crippen molar-refractivity contribution in [2.45, 2.75) is 20.8 Å². The van der Waals surface area contributed by atoms with Crippen LogP contribution in [0.4, 0.5) is 0 Å². The third kappa shape index (κ3) is 1.13. The van der Waals surface area contributed by atoms with E-state index >= 15 is 0 Å². The Kier molecular flexibility index (Phi) is 2.22. The molecule has 0 aromatic heterocycles. The minimum atomic E-state index is -0.137. The molecule has 1 rings (SSSR count). The van der Waals surface area contributed by atoms with E-state index in [1.54, 1.807) is 7.05 Å². The first-order chi connectivity index (χ1) is 5.46.